The Labute approximate surface area is 136 Å². The largest absolute Gasteiger partial charge is 0.466 e. The van der Waals surface area contributed by atoms with Crippen LogP contribution in [0.4, 0.5) is 0 Å². The molecule has 0 atom stereocenters. The molecule has 0 spiro atoms. The van der Waals surface area contributed by atoms with Gasteiger partial charge in [-0.1, -0.05) is 30.3 Å². The van der Waals surface area contributed by atoms with Gasteiger partial charge in [0.15, 0.2) is 0 Å². The number of hydrogen-bond acceptors (Lipinski definition) is 4. The predicted molar refractivity (Wildman–Crippen MR) is 90.9 cm³/mol. The lowest BCUT2D eigenvalue weighted by atomic mass is 10.2. The van der Waals surface area contributed by atoms with Crippen molar-refractivity contribution in [3.8, 4) is 0 Å². The van der Waals surface area contributed by atoms with Crippen molar-refractivity contribution in [1.82, 2.24) is 4.90 Å². The van der Waals surface area contributed by atoms with Crippen LogP contribution in [-0.2, 0) is 22.6 Å². The summed E-state index contributed by atoms with van der Waals surface area (Å²) in [6, 6.07) is 14.7. The fourth-order valence-electron chi connectivity index (χ4n) is 2.33. The summed E-state index contributed by atoms with van der Waals surface area (Å²) in [7, 11) is 0. The Morgan fingerprint density at radius 3 is 2.55 bits per heavy atom. The summed E-state index contributed by atoms with van der Waals surface area (Å²) in [4.78, 5) is 16.6. The zero-order valence-electron chi connectivity index (χ0n) is 13.2. The van der Waals surface area contributed by atoms with E-state index in [1.165, 1.54) is 15.3 Å². The van der Waals surface area contributed by atoms with Gasteiger partial charge in [-0.15, -0.1) is 11.3 Å². The van der Waals surface area contributed by atoms with Crippen LogP contribution >= 0.6 is 11.3 Å². The quantitative estimate of drug-likeness (QED) is 0.689. The Morgan fingerprint density at radius 2 is 1.91 bits per heavy atom. The summed E-state index contributed by atoms with van der Waals surface area (Å²) in [6.07, 6.45) is 0.436. The Bertz CT molecular complexity index is 580. The molecule has 3 nitrogen and oxygen atoms in total. The lowest BCUT2D eigenvalue weighted by Crippen LogP contribution is -2.26. The molecule has 1 aromatic heterocycles. The zero-order chi connectivity index (χ0) is 15.8. The molecule has 0 aliphatic carbocycles. The number of carbonyl (C=O) groups excluding carboxylic acids is 1. The summed E-state index contributed by atoms with van der Waals surface area (Å²) in [5, 5.41) is 0. The number of hydrogen-bond donors (Lipinski definition) is 0. The highest BCUT2D eigenvalue weighted by atomic mass is 32.1. The van der Waals surface area contributed by atoms with Crippen LogP contribution in [0.2, 0.25) is 0 Å². The standard InChI is InChI=1S/C18H23NO2S/c1-3-21-18(20)11-12-19(13-16-7-5-4-6-8-16)14-17-10-9-15(2)22-17/h4-10H,3,11-14H2,1-2H3. The molecule has 1 aromatic carbocycles. The monoisotopic (exact) mass is 317 g/mol. The van der Waals surface area contributed by atoms with Crippen molar-refractivity contribution in [1.29, 1.82) is 0 Å². The number of nitrogens with zero attached hydrogens (tertiary/aromatic N) is 1. The predicted octanol–water partition coefficient (Wildman–Crippen LogP) is 4.01. The van der Waals surface area contributed by atoms with Gasteiger partial charge in [0.1, 0.15) is 0 Å². The fraction of sp³-hybridized carbons (Fsp3) is 0.389. The van der Waals surface area contributed by atoms with Gasteiger partial charge in [0.25, 0.3) is 0 Å². The minimum Gasteiger partial charge on any atom is -0.466 e. The third-order valence-corrected chi connectivity index (χ3v) is 4.35. The van der Waals surface area contributed by atoms with Crippen molar-refractivity contribution in [2.45, 2.75) is 33.4 Å². The molecular weight excluding hydrogens is 294 g/mol. The Hall–Kier alpha value is -1.65. The second-order valence-electron chi connectivity index (χ2n) is 5.26. The van der Waals surface area contributed by atoms with Gasteiger partial charge >= 0.3 is 5.97 Å². The molecule has 118 valence electrons. The van der Waals surface area contributed by atoms with Crippen molar-refractivity contribution >= 4 is 17.3 Å². The molecular formula is C18H23NO2S. The van der Waals surface area contributed by atoms with Crippen LogP contribution in [-0.4, -0.2) is 24.0 Å². The van der Waals surface area contributed by atoms with Crippen molar-refractivity contribution < 1.29 is 9.53 Å². The van der Waals surface area contributed by atoms with Crippen LogP contribution < -0.4 is 0 Å². The molecule has 0 N–H and O–H groups in total. The molecule has 0 unspecified atom stereocenters. The number of rotatable bonds is 8. The van der Waals surface area contributed by atoms with Gasteiger partial charge in [-0.25, -0.2) is 0 Å². The minimum atomic E-state index is -0.122. The highest BCUT2D eigenvalue weighted by molar-refractivity contribution is 7.11. The van der Waals surface area contributed by atoms with E-state index in [1.54, 1.807) is 0 Å². The maximum atomic E-state index is 11.6. The number of carbonyl (C=O) groups is 1. The second kappa shape index (κ2) is 8.71. The lowest BCUT2D eigenvalue weighted by molar-refractivity contribution is -0.143. The van der Waals surface area contributed by atoms with Crippen LogP contribution in [0.5, 0.6) is 0 Å². The number of thiophene rings is 1. The van der Waals surface area contributed by atoms with E-state index in [0.29, 0.717) is 19.6 Å². The highest BCUT2D eigenvalue weighted by Crippen LogP contribution is 2.18. The first-order valence-corrected chi connectivity index (χ1v) is 8.46. The van der Waals surface area contributed by atoms with Crippen LogP contribution in [0.3, 0.4) is 0 Å². The van der Waals surface area contributed by atoms with Gasteiger partial charge in [-0.2, -0.15) is 0 Å². The SMILES string of the molecule is CCOC(=O)CCN(Cc1ccccc1)Cc1ccc(C)s1. The molecule has 0 aliphatic rings. The van der Waals surface area contributed by atoms with Gasteiger partial charge in [0.05, 0.1) is 13.0 Å². The third-order valence-electron chi connectivity index (χ3n) is 3.36. The van der Waals surface area contributed by atoms with Crippen molar-refractivity contribution in [2.75, 3.05) is 13.2 Å². The first-order valence-electron chi connectivity index (χ1n) is 7.64. The van der Waals surface area contributed by atoms with Gasteiger partial charge < -0.3 is 4.74 Å². The van der Waals surface area contributed by atoms with Crippen LogP contribution in [0.25, 0.3) is 0 Å². The van der Waals surface area contributed by atoms with E-state index in [4.69, 9.17) is 4.74 Å². The second-order valence-corrected chi connectivity index (χ2v) is 6.64. The zero-order valence-corrected chi connectivity index (χ0v) is 14.1. The topological polar surface area (TPSA) is 29.5 Å². The Balaban J connectivity index is 1.98. The molecule has 0 saturated heterocycles. The lowest BCUT2D eigenvalue weighted by Gasteiger charge is -2.21. The first kappa shape index (κ1) is 16.7. The number of benzene rings is 1. The number of aryl methyl sites for hydroxylation is 1. The molecule has 0 radical (unpaired) electrons. The van der Waals surface area contributed by atoms with E-state index >= 15 is 0 Å². The van der Waals surface area contributed by atoms with Crippen LogP contribution in [0.1, 0.15) is 28.7 Å². The smallest absolute Gasteiger partial charge is 0.307 e. The summed E-state index contributed by atoms with van der Waals surface area (Å²) in [5.41, 5.74) is 1.26. The van der Waals surface area contributed by atoms with Crippen LogP contribution in [0, 0.1) is 6.92 Å². The number of ether oxygens (including phenoxy) is 1. The van der Waals surface area contributed by atoms with Crippen molar-refractivity contribution in [2.24, 2.45) is 0 Å². The summed E-state index contributed by atoms with van der Waals surface area (Å²) in [6.45, 7) is 6.83. The average Bonchev–Trinajstić information content (AvgIpc) is 2.91. The third kappa shape index (κ3) is 5.62. The molecule has 2 aromatic rings. The molecule has 4 heteroatoms. The van der Waals surface area contributed by atoms with E-state index in [0.717, 1.165) is 13.1 Å². The first-order chi connectivity index (χ1) is 10.7. The molecule has 0 bridgehead atoms. The molecule has 0 saturated carbocycles. The maximum absolute atomic E-state index is 11.6. The van der Waals surface area contributed by atoms with E-state index in [9.17, 15) is 4.79 Å². The van der Waals surface area contributed by atoms with Gasteiger partial charge in [0.2, 0.25) is 0 Å². The van der Waals surface area contributed by atoms with Crippen molar-refractivity contribution in [3.05, 3.63) is 57.8 Å². The van der Waals surface area contributed by atoms with E-state index in [2.05, 4.69) is 36.1 Å². The van der Waals surface area contributed by atoms with Gasteiger partial charge in [0, 0.05) is 29.4 Å². The van der Waals surface area contributed by atoms with Crippen molar-refractivity contribution in [3.63, 3.8) is 0 Å². The molecule has 0 aliphatic heterocycles. The van der Waals surface area contributed by atoms with E-state index in [-0.39, 0.29) is 5.97 Å². The molecule has 22 heavy (non-hydrogen) atoms. The maximum Gasteiger partial charge on any atom is 0.307 e. The molecule has 0 fully saturated rings. The van der Waals surface area contributed by atoms with Gasteiger partial charge in [-0.05, 0) is 31.5 Å². The summed E-state index contributed by atoms with van der Waals surface area (Å²) >= 11 is 1.81. The molecule has 1 heterocycles. The summed E-state index contributed by atoms with van der Waals surface area (Å²) in [5.74, 6) is -0.122. The van der Waals surface area contributed by atoms with E-state index < -0.39 is 0 Å². The Kier molecular flexibility index (Phi) is 6.62. The fourth-order valence-corrected chi connectivity index (χ4v) is 3.26. The highest BCUT2D eigenvalue weighted by Gasteiger charge is 2.11. The molecule has 2 rings (SSSR count). The summed E-state index contributed by atoms with van der Waals surface area (Å²) < 4.78 is 5.03. The average molecular weight is 317 g/mol. The van der Waals surface area contributed by atoms with Crippen LogP contribution in [0.15, 0.2) is 42.5 Å². The normalized spacial score (nSPS) is 10.9. The minimum absolute atomic E-state index is 0.122. The number of esters is 1. The molecule has 0 amide bonds. The van der Waals surface area contributed by atoms with Gasteiger partial charge in [-0.3, -0.25) is 9.69 Å². The Morgan fingerprint density at radius 1 is 1.14 bits per heavy atom. The van der Waals surface area contributed by atoms with E-state index in [1.807, 2.05) is 36.5 Å².